The Morgan fingerprint density at radius 3 is 2.55 bits per heavy atom. The fourth-order valence-corrected chi connectivity index (χ4v) is 2.40. The maximum Gasteiger partial charge on any atom is 0.0628 e. The molecule has 1 heterocycles. The number of aromatic nitrogens is 2. The molecule has 3 nitrogen and oxygen atoms in total. The highest BCUT2D eigenvalue weighted by Crippen LogP contribution is 2.15. The van der Waals surface area contributed by atoms with E-state index in [0.717, 1.165) is 25.0 Å². The standard InChI is InChI=1S/C17H25N3/c1-3-14(2)20-10-9-17(19-20)12-16(13-18)11-15-7-5-4-6-8-15/h4-10,14,16H,3,11-13,18H2,1-2H3. The average Bonchev–Trinajstić information content (AvgIpc) is 2.95. The first-order valence-electron chi connectivity index (χ1n) is 7.51. The molecular weight excluding hydrogens is 246 g/mol. The van der Waals surface area contributed by atoms with Gasteiger partial charge in [0, 0.05) is 12.2 Å². The van der Waals surface area contributed by atoms with Gasteiger partial charge in [-0.3, -0.25) is 4.68 Å². The zero-order chi connectivity index (χ0) is 14.4. The first-order chi connectivity index (χ1) is 9.72. The van der Waals surface area contributed by atoms with Gasteiger partial charge in [0.2, 0.25) is 0 Å². The molecule has 3 heteroatoms. The van der Waals surface area contributed by atoms with Gasteiger partial charge in [-0.15, -0.1) is 0 Å². The summed E-state index contributed by atoms with van der Waals surface area (Å²) in [4.78, 5) is 0. The largest absolute Gasteiger partial charge is 0.330 e. The molecule has 0 saturated heterocycles. The van der Waals surface area contributed by atoms with Crippen molar-refractivity contribution in [3.63, 3.8) is 0 Å². The van der Waals surface area contributed by atoms with Crippen LogP contribution in [0, 0.1) is 5.92 Å². The summed E-state index contributed by atoms with van der Waals surface area (Å²) in [6.45, 7) is 5.08. The Bertz CT molecular complexity index is 504. The molecule has 1 aromatic carbocycles. The van der Waals surface area contributed by atoms with Crippen LogP contribution < -0.4 is 5.73 Å². The van der Waals surface area contributed by atoms with Crippen LogP contribution in [-0.4, -0.2) is 16.3 Å². The highest BCUT2D eigenvalue weighted by Gasteiger charge is 2.12. The number of hydrogen-bond donors (Lipinski definition) is 1. The molecule has 2 unspecified atom stereocenters. The van der Waals surface area contributed by atoms with Crippen LogP contribution in [0.1, 0.15) is 37.6 Å². The molecule has 0 bridgehead atoms. The minimum atomic E-state index is 0.456. The molecule has 2 atom stereocenters. The van der Waals surface area contributed by atoms with Gasteiger partial charge in [-0.25, -0.2) is 0 Å². The molecule has 0 aliphatic heterocycles. The van der Waals surface area contributed by atoms with Crippen LogP contribution in [-0.2, 0) is 12.8 Å². The summed E-state index contributed by atoms with van der Waals surface area (Å²) in [5.41, 5.74) is 8.43. The molecule has 20 heavy (non-hydrogen) atoms. The monoisotopic (exact) mass is 271 g/mol. The van der Waals surface area contributed by atoms with E-state index >= 15 is 0 Å². The molecular formula is C17H25N3. The van der Waals surface area contributed by atoms with Crippen molar-refractivity contribution in [2.75, 3.05) is 6.54 Å². The summed E-state index contributed by atoms with van der Waals surface area (Å²) >= 11 is 0. The minimum Gasteiger partial charge on any atom is -0.330 e. The minimum absolute atomic E-state index is 0.456. The van der Waals surface area contributed by atoms with Crippen molar-refractivity contribution < 1.29 is 0 Å². The van der Waals surface area contributed by atoms with Crippen LogP contribution in [0.5, 0.6) is 0 Å². The molecule has 0 saturated carbocycles. The average molecular weight is 271 g/mol. The van der Waals surface area contributed by atoms with Gasteiger partial charge in [0.15, 0.2) is 0 Å². The Morgan fingerprint density at radius 1 is 1.15 bits per heavy atom. The van der Waals surface area contributed by atoms with E-state index in [4.69, 9.17) is 5.73 Å². The highest BCUT2D eigenvalue weighted by atomic mass is 15.3. The van der Waals surface area contributed by atoms with E-state index in [1.807, 2.05) is 0 Å². The number of nitrogens with zero attached hydrogens (tertiary/aromatic N) is 2. The molecule has 1 aromatic heterocycles. The lowest BCUT2D eigenvalue weighted by molar-refractivity contribution is 0.463. The summed E-state index contributed by atoms with van der Waals surface area (Å²) in [7, 11) is 0. The maximum atomic E-state index is 5.93. The molecule has 2 aromatic rings. The lowest BCUT2D eigenvalue weighted by Crippen LogP contribution is -2.19. The van der Waals surface area contributed by atoms with E-state index in [2.05, 4.69) is 66.2 Å². The predicted molar refractivity (Wildman–Crippen MR) is 83.6 cm³/mol. The van der Waals surface area contributed by atoms with E-state index in [1.165, 1.54) is 5.56 Å². The van der Waals surface area contributed by atoms with Gasteiger partial charge < -0.3 is 5.73 Å². The summed E-state index contributed by atoms with van der Waals surface area (Å²) in [6.07, 6.45) is 5.16. The first kappa shape index (κ1) is 14.8. The van der Waals surface area contributed by atoms with Crippen molar-refractivity contribution in [3.05, 3.63) is 53.9 Å². The second-order valence-corrected chi connectivity index (χ2v) is 5.54. The second-order valence-electron chi connectivity index (χ2n) is 5.54. The second kappa shape index (κ2) is 7.25. The third-order valence-corrected chi connectivity index (χ3v) is 3.90. The van der Waals surface area contributed by atoms with Crippen molar-refractivity contribution in [2.24, 2.45) is 11.7 Å². The molecule has 0 aliphatic rings. The lowest BCUT2D eigenvalue weighted by Gasteiger charge is -2.14. The third kappa shape index (κ3) is 3.94. The molecule has 0 aliphatic carbocycles. The first-order valence-corrected chi connectivity index (χ1v) is 7.51. The van der Waals surface area contributed by atoms with Crippen molar-refractivity contribution >= 4 is 0 Å². The van der Waals surface area contributed by atoms with Gasteiger partial charge >= 0.3 is 0 Å². The van der Waals surface area contributed by atoms with Crippen molar-refractivity contribution in [1.29, 1.82) is 0 Å². The van der Waals surface area contributed by atoms with E-state index in [9.17, 15) is 0 Å². The van der Waals surface area contributed by atoms with Crippen LogP contribution in [0.3, 0.4) is 0 Å². The smallest absolute Gasteiger partial charge is 0.0628 e. The van der Waals surface area contributed by atoms with Gasteiger partial charge in [0.05, 0.1) is 5.69 Å². The number of rotatable bonds is 7. The Hall–Kier alpha value is -1.61. The van der Waals surface area contributed by atoms with Crippen LogP contribution in [0.2, 0.25) is 0 Å². The van der Waals surface area contributed by atoms with Crippen LogP contribution in [0.4, 0.5) is 0 Å². The molecule has 0 radical (unpaired) electrons. The van der Waals surface area contributed by atoms with Crippen molar-refractivity contribution in [3.8, 4) is 0 Å². The molecule has 0 amide bonds. The maximum absolute atomic E-state index is 5.93. The SMILES string of the molecule is CCC(C)n1ccc(CC(CN)Cc2ccccc2)n1. The summed E-state index contributed by atoms with van der Waals surface area (Å²) in [5, 5.41) is 4.67. The van der Waals surface area contributed by atoms with E-state index < -0.39 is 0 Å². The third-order valence-electron chi connectivity index (χ3n) is 3.90. The predicted octanol–water partition coefficient (Wildman–Crippen LogP) is 3.21. The molecule has 0 fully saturated rings. The molecule has 0 spiro atoms. The Labute approximate surface area is 121 Å². The molecule has 2 N–H and O–H groups in total. The Kier molecular flexibility index (Phi) is 5.36. The number of benzene rings is 1. The van der Waals surface area contributed by atoms with Crippen LogP contribution in [0.25, 0.3) is 0 Å². The molecule has 2 rings (SSSR count). The quantitative estimate of drug-likeness (QED) is 0.840. The zero-order valence-corrected chi connectivity index (χ0v) is 12.5. The Morgan fingerprint density at radius 2 is 1.90 bits per heavy atom. The van der Waals surface area contributed by atoms with E-state index in [0.29, 0.717) is 18.5 Å². The van der Waals surface area contributed by atoms with Gasteiger partial charge in [0.25, 0.3) is 0 Å². The zero-order valence-electron chi connectivity index (χ0n) is 12.5. The van der Waals surface area contributed by atoms with Gasteiger partial charge in [0.1, 0.15) is 0 Å². The van der Waals surface area contributed by atoms with Gasteiger partial charge in [-0.1, -0.05) is 37.3 Å². The summed E-state index contributed by atoms with van der Waals surface area (Å²) in [6, 6.07) is 13.1. The van der Waals surface area contributed by atoms with E-state index in [-0.39, 0.29) is 0 Å². The number of hydrogen-bond acceptors (Lipinski definition) is 2. The summed E-state index contributed by atoms with van der Waals surface area (Å²) in [5.74, 6) is 0.456. The molecule has 108 valence electrons. The topological polar surface area (TPSA) is 43.8 Å². The van der Waals surface area contributed by atoms with Crippen molar-refractivity contribution in [1.82, 2.24) is 9.78 Å². The van der Waals surface area contributed by atoms with Gasteiger partial charge in [-0.2, -0.15) is 5.10 Å². The fraction of sp³-hybridized carbons (Fsp3) is 0.471. The Balaban J connectivity index is 1.98. The van der Waals surface area contributed by atoms with Crippen LogP contribution in [0.15, 0.2) is 42.6 Å². The highest BCUT2D eigenvalue weighted by molar-refractivity contribution is 5.16. The van der Waals surface area contributed by atoms with Crippen molar-refractivity contribution in [2.45, 2.75) is 39.2 Å². The van der Waals surface area contributed by atoms with E-state index in [1.54, 1.807) is 0 Å². The normalized spacial score (nSPS) is 14.2. The fourth-order valence-electron chi connectivity index (χ4n) is 2.40. The summed E-state index contributed by atoms with van der Waals surface area (Å²) < 4.78 is 2.06. The van der Waals surface area contributed by atoms with Gasteiger partial charge in [-0.05, 0) is 50.3 Å². The number of nitrogens with two attached hydrogens (primary N) is 1. The van der Waals surface area contributed by atoms with Crippen LogP contribution >= 0.6 is 0 Å². The lowest BCUT2D eigenvalue weighted by atomic mass is 9.95.